The van der Waals surface area contributed by atoms with Crippen LogP contribution < -0.4 is 5.32 Å². The maximum absolute atomic E-state index is 3.81. The van der Waals surface area contributed by atoms with Gasteiger partial charge in [-0.25, -0.2) is 0 Å². The number of thiophene rings is 1. The van der Waals surface area contributed by atoms with Crippen LogP contribution in [0.2, 0.25) is 0 Å². The average molecular weight is 307 g/mol. The lowest BCUT2D eigenvalue weighted by Gasteiger charge is -2.49. The molecular formula is C18H30N2S. The highest BCUT2D eigenvalue weighted by molar-refractivity contribution is 7.10. The topological polar surface area (TPSA) is 15.3 Å². The number of nitrogens with zero attached hydrogens (tertiary/aromatic N) is 1. The Kier molecular flexibility index (Phi) is 4.45. The van der Waals surface area contributed by atoms with Crippen molar-refractivity contribution in [1.82, 2.24) is 10.2 Å². The van der Waals surface area contributed by atoms with Crippen LogP contribution in [0.4, 0.5) is 0 Å². The van der Waals surface area contributed by atoms with Crippen LogP contribution in [-0.2, 0) is 6.42 Å². The van der Waals surface area contributed by atoms with E-state index in [4.69, 9.17) is 0 Å². The predicted molar refractivity (Wildman–Crippen MR) is 92.0 cm³/mol. The van der Waals surface area contributed by atoms with Crippen molar-refractivity contribution in [2.75, 3.05) is 13.1 Å². The fraction of sp³-hybridized carbons (Fsp3) is 0.778. The number of rotatable bonds is 2. The van der Waals surface area contributed by atoms with Crippen molar-refractivity contribution in [3.8, 4) is 0 Å². The van der Waals surface area contributed by atoms with Crippen molar-refractivity contribution in [3.63, 3.8) is 0 Å². The summed E-state index contributed by atoms with van der Waals surface area (Å²) in [5, 5.41) is 6.11. The van der Waals surface area contributed by atoms with Crippen LogP contribution in [0.3, 0.4) is 0 Å². The second kappa shape index (κ2) is 6.02. The maximum Gasteiger partial charge on any atom is 0.0363 e. The van der Waals surface area contributed by atoms with Gasteiger partial charge in [-0.05, 0) is 48.1 Å². The molecule has 0 aromatic carbocycles. The first-order chi connectivity index (χ1) is 10.0. The molecule has 0 bridgehead atoms. The minimum atomic E-state index is 0.336. The van der Waals surface area contributed by atoms with E-state index in [2.05, 4.69) is 49.4 Å². The van der Waals surface area contributed by atoms with E-state index >= 15 is 0 Å². The van der Waals surface area contributed by atoms with E-state index in [9.17, 15) is 0 Å². The van der Waals surface area contributed by atoms with Crippen LogP contribution in [-0.4, -0.2) is 30.1 Å². The first kappa shape index (κ1) is 15.5. The average Bonchev–Trinajstić information content (AvgIpc) is 2.94. The Morgan fingerprint density at radius 1 is 1.38 bits per heavy atom. The summed E-state index contributed by atoms with van der Waals surface area (Å²) in [5.41, 5.74) is 1.97. The summed E-state index contributed by atoms with van der Waals surface area (Å²) in [4.78, 5) is 4.48. The van der Waals surface area contributed by atoms with E-state index in [1.54, 1.807) is 10.4 Å². The van der Waals surface area contributed by atoms with Gasteiger partial charge in [0, 0.05) is 36.1 Å². The fourth-order valence-electron chi connectivity index (χ4n) is 3.97. The molecule has 2 heterocycles. The van der Waals surface area contributed by atoms with E-state index in [-0.39, 0.29) is 0 Å². The summed E-state index contributed by atoms with van der Waals surface area (Å²) >= 11 is 1.97. The number of hydrogen-bond acceptors (Lipinski definition) is 3. The molecule has 21 heavy (non-hydrogen) atoms. The van der Waals surface area contributed by atoms with Gasteiger partial charge >= 0.3 is 0 Å². The second-order valence-electron chi connectivity index (χ2n) is 7.79. The van der Waals surface area contributed by atoms with Gasteiger partial charge in [0.2, 0.25) is 0 Å². The highest BCUT2D eigenvalue weighted by Gasteiger charge is 2.38. The molecule has 0 spiro atoms. The summed E-state index contributed by atoms with van der Waals surface area (Å²) in [6.07, 6.45) is 5.25. The Morgan fingerprint density at radius 2 is 2.19 bits per heavy atom. The van der Waals surface area contributed by atoms with Gasteiger partial charge < -0.3 is 5.32 Å². The lowest BCUT2D eigenvalue weighted by atomic mass is 9.82. The van der Waals surface area contributed by atoms with Gasteiger partial charge in [0.25, 0.3) is 0 Å². The zero-order valence-corrected chi connectivity index (χ0v) is 14.8. The van der Waals surface area contributed by atoms with Crippen molar-refractivity contribution >= 4 is 11.3 Å². The fourth-order valence-corrected chi connectivity index (χ4v) is 4.95. The van der Waals surface area contributed by atoms with Gasteiger partial charge in [0.05, 0.1) is 0 Å². The van der Waals surface area contributed by atoms with Crippen LogP contribution in [0.25, 0.3) is 0 Å². The Labute approximate surface area is 133 Å². The van der Waals surface area contributed by atoms with Crippen LogP contribution in [0, 0.1) is 5.41 Å². The van der Waals surface area contributed by atoms with Crippen LogP contribution in [0.15, 0.2) is 11.4 Å². The van der Waals surface area contributed by atoms with Gasteiger partial charge in [-0.2, -0.15) is 0 Å². The lowest BCUT2D eigenvalue weighted by molar-refractivity contribution is 0.0407. The molecule has 118 valence electrons. The molecule has 1 aliphatic carbocycles. The van der Waals surface area contributed by atoms with E-state index in [1.807, 2.05) is 11.3 Å². The first-order valence-corrected chi connectivity index (χ1v) is 9.44. The molecule has 2 aliphatic rings. The first-order valence-electron chi connectivity index (χ1n) is 8.56. The highest BCUT2D eigenvalue weighted by Crippen LogP contribution is 2.40. The summed E-state index contributed by atoms with van der Waals surface area (Å²) in [6.45, 7) is 11.8. The summed E-state index contributed by atoms with van der Waals surface area (Å²) in [7, 11) is 0. The molecule has 0 radical (unpaired) electrons. The van der Waals surface area contributed by atoms with Crippen molar-refractivity contribution in [3.05, 3.63) is 21.9 Å². The number of fused-ring (bicyclic) bond motifs is 1. The van der Waals surface area contributed by atoms with Crippen LogP contribution >= 0.6 is 11.3 Å². The van der Waals surface area contributed by atoms with E-state index in [1.165, 1.54) is 32.2 Å². The Bertz CT molecular complexity index is 474. The van der Waals surface area contributed by atoms with Crippen molar-refractivity contribution in [2.24, 2.45) is 5.41 Å². The van der Waals surface area contributed by atoms with E-state index in [0.29, 0.717) is 23.5 Å². The van der Waals surface area contributed by atoms with Crippen molar-refractivity contribution in [1.29, 1.82) is 0 Å². The monoisotopic (exact) mass is 306 g/mol. The van der Waals surface area contributed by atoms with Gasteiger partial charge in [-0.15, -0.1) is 11.3 Å². The summed E-state index contributed by atoms with van der Waals surface area (Å²) < 4.78 is 0. The molecule has 3 rings (SSSR count). The molecule has 3 heteroatoms. The molecule has 1 aliphatic heterocycles. The van der Waals surface area contributed by atoms with Gasteiger partial charge in [-0.3, -0.25) is 4.90 Å². The largest absolute Gasteiger partial charge is 0.311 e. The molecule has 1 N–H and O–H groups in total. The smallest absolute Gasteiger partial charge is 0.0363 e. The third-order valence-corrected chi connectivity index (χ3v) is 6.40. The molecule has 1 aromatic rings. The van der Waals surface area contributed by atoms with Gasteiger partial charge in [-0.1, -0.05) is 27.7 Å². The van der Waals surface area contributed by atoms with Crippen molar-refractivity contribution in [2.45, 2.75) is 71.5 Å². The lowest BCUT2D eigenvalue weighted by Crippen LogP contribution is -2.60. The van der Waals surface area contributed by atoms with Gasteiger partial charge in [0.15, 0.2) is 0 Å². The highest BCUT2D eigenvalue weighted by atomic mass is 32.1. The number of hydrogen-bond donors (Lipinski definition) is 1. The minimum absolute atomic E-state index is 0.336. The number of piperazine rings is 1. The summed E-state index contributed by atoms with van der Waals surface area (Å²) in [6, 6.07) is 4.35. The van der Waals surface area contributed by atoms with Gasteiger partial charge in [0.1, 0.15) is 0 Å². The van der Waals surface area contributed by atoms with E-state index in [0.717, 1.165) is 6.54 Å². The SMILES string of the molecule is CCC1CNC(C(C)(C)C)CN1C1CCCc2sccc21. The van der Waals surface area contributed by atoms with Crippen LogP contribution in [0.5, 0.6) is 0 Å². The maximum atomic E-state index is 3.81. The van der Waals surface area contributed by atoms with Crippen molar-refractivity contribution < 1.29 is 0 Å². The second-order valence-corrected chi connectivity index (χ2v) is 8.79. The standard InChI is InChI=1S/C18H30N2S/c1-5-13-11-19-17(18(2,3)4)12-20(13)15-7-6-8-16-14(15)9-10-21-16/h9-10,13,15,17,19H,5-8,11-12H2,1-4H3. The number of aryl methyl sites for hydroxylation is 1. The zero-order valence-electron chi connectivity index (χ0n) is 14.0. The predicted octanol–water partition coefficient (Wildman–Crippen LogP) is 4.22. The Balaban J connectivity index is 1.84. The number of nitrogens with one attached hydrogen (secondary N) is 1. The molecular weight excluding hydrogens is 276 g/mol. The normalized spacial score (nSPS) is 31.1. The quantitative estimate of drug-likeness (QED) is 0.880. The molecule has 3 unspecified atom stereocenters. The van der Waals surface area contributed by atoms with E-state index < -0.39 is 0 Å². The molecule has 3 atom stereocenters. The Morgan fingerprint density at radius 3 is 2.90 bits per heavy atom. The molecule has 0 saturated carbocycles. The molecule has 1 saturated heterocycles. The molecule has 2 nitrogen and oxygen atoms in total. The third-order valence-electron chi connectivity index (χ3n) is 5.40. The Hall–Kier alpha value is -0.380. The summed E-state index contributed by atoms with van der Waals surface area (Å²) in [5.74, 6) is 0. The molecule has 1 aromatic heterocycles. The zero-order chi connectivity index (χ0) is 15.0. The van der Waals surface area contributed by atoms with Crippen LogP contribution in [0.1, 0.15) is 63.4 Å². The minimum Gasteiger partial charge on any atom is -0.311 e. The molecule has 0 amide bonds. The third kappa shape index (κ3) is 3.06. The molecule has 1 fully saturated rings.